The molecule has 4 rings (SSSR count). The number of furan rings is 1. The summed E-state index contributed by atoms with van der Waals surface area (Å²) in [4.78, 5) is 19.5. The number of carbonyl (C=O) groups excluding carboxylic acids is 1. The normalized spacial score (nSPS) is 22.2. The number of amides is 1. The first-order chi connectivity index (χ1) is 12.3. The van der Waals surface area contributed by atoms with Gasteiger partial charge in [-0.25, -0.2) is 0 Å². The minimum Gasteiger partial charge on any atom is -0.459 e. The number of piperazine rings is 1. The van der Waals surface area contributed by atoms with Crippen LogP contribution in [0.15, 0.2) is 53.1 Å². The lowest BCUT2D eigenvalue weighted by Gasteiger charge is -2.43. The van der Waals surface area contributed by atoms with Crippen molar-refractivity contribution in [1.82, 2.24) is 9.80 Å². The van der Waals surface area contributed by atoms with Gasteiger partial charge in [-0.15, -0.1) is 0 Å². The predicted molar refractivity (Wildman–Crippen MR) is 97.9 cm³/mol. The fourth-order valence-corrected chi connectivity index (χ4v) is 3.98. The molecule has 5 nitrogen and oxygen atoms in total. The molecule has 1 aromatic carbocycles. The molecule has 25 heavy (non-hydrogen) atoms. The van der Waals surface area contributed by atoms with E-state index in [-0.39, 0.29) is 5.91 Å². The van der Waals surface area contributed by atoms with Crippen molar-refractivity contribution in [2.45, 2.75) is 18.9 Å². The number of piperidine rings is 1. The van der Waals surface area contributed by atoms with Gasteiger partial charge in [0.15, 0.2) is 5.76 Å². The van der Waals surface area contributed by atoms with Crippen molar-refractivity contribution in [3.63, 3.8) is 0 Å². The van der Waals surface area contributed by atoms with Crippen molar-refractivity contribution in [2.24, 2.45) is 0 Å². The SMILES string of the molecule is O=C(c1ccco1)N1CCCC(N2CCN(c3ccccc3)CC2)C1. The van der Waals surface area contributed by atoms with Crippen molar-refractivity contribution < 1.29 is 9.21 Å². The van der Waals surface area contributed by atoms with Crippen LogP contribution in [0.25, 0.3) is 0 Å². The maximum absolute atomic E-state index is 12.5. The topological polar surface area (TPSA) is 39.9 Å². The minimum absolute atomic E-state index is 0.0256. The van der Waals surface area contributed by atoms with Crippen LogP contribution in [0.4, 0.5) is 5.69 Å². The van der Waals surface area contributed by atoms with Crippen LogP contribution in [-0.2, 0) is 0 Å². The Morgan fingerprint density at radius 2 is 1.76 bits per heavy atom. The lowest BCUT2D eigenvalue weighted by Crippen LogP contribution is -2.55. The predicted octanol–water partition coefficient (Wildman–Crippen LogP) is 2.71. The van der Waals surface area contributed by atoms with E-state index in [4.69, 9.17) is 4.42 Å². The number of likely N-dealkylation sites (tertiary alicyclic amines) is 1. The molecule has 5 heteroatoms. The Morgan fingerprint density at radius 3 is 2.48 bits per heavy atom. The van der Waals surface area contributed by atoms with Gasteiger partial charge in [0, 0.05) is 51.0 Å². The standard InChI is InChI=1S/C20H25N3O2/c24-20(19-9-5-15-25-19)23-10-4-8-18(16-23)22-13-11-21(12-14-22)17-6-2-1-3-7-17/h1-3,5-7,9,15,18H,4,8,10-14,16H2. The van der Waals surface area contributed by atoms with Gasteiger partial charge in [-0.1, -0.05) is 18.2 Å². The third-order valence-corrected chi connectivity index (χ3v) is 5.37. The highest BCUT2D eigenvalue weighted by Crippen LogP contribution is 2.22. The number of hydrogen-bond acceptors (Lipinski definition) is 4. The molecule has 1 amide bonds. The Morgan fingerprint density at radius 1 is 0.960 bits per heavy atom. The number of anilines is 1. The molecule has 1 aromatic heterocycles. The van der Waals surface area contributed by atoms with E-state index in [1.807, 2.05) is 4.90 Å². The van der Waals surface area contributed by atoms with E-state index in [2.05, 4.69) is 40.1 Å². The molecular weight excluding hydrogens is 314 g/mol. The molecule has 0 N–H and O–H groups in total. The van der Waals surface area contributed by atoms with Crippen molar-refractivity contribution in [3.8, 4) is 0 Å². The van der Waals surface area contributed by atoms with Gasteiger partial charge in [-0.3, -0.25) is 9.69 Å². The zero-order valence-corrected chi connectivity index (χ0v) is 14.5. The lowest BCUT2D eigenvalue weighted by molar-refractivity contribution is 0.0535. The molecule has 0 aliphatic carbocycles. The number of hydrogen-bond donors (Lipinski definition) is 0. The highest BCUT2D eigenvalue weighted by molar-refractivity contribution is 5.91. The third-order valence-electron chi connectivity index (χ3n) is 5.37. The smallest absolute Gasteiger partial charge is 0.289 e. The highest BCUT2D eigenvalue weighted by atomic mass is 16.3. The Labute approximate surface area is 148 Å². The Bertz CT molecular complexity index is 678. The molecule has 132 valence electrons. The van der Waals surface area contributed by atoms with Crippen LogP contribution in [0, 0.1) is 0 Å². The Kier molecular flexibility index (Phi) is 4.74. The summed E-state index contributed by atoms with van der Waals surface area (Å²) < 4.78 is 5.28. The number of nitrogens with zero attached hydrogens (tertiary/aromatic N) is 3. The zero-order valence-electron chi connectivity index (χ0n) is 14.5. The molecule has 0 spiro atoms. The average molecular weight is 339 g/mol. The molecule has 3 heterocycles. The van der Waals surface area contributed by atoms with Crippen molar-refractivity contribution in [2.75, 3.05) is 44.2 Å². The maximum atomic E-state index is 12.5. The average Bonchev–Trinajstić information content (AvgIpc) is 3.23. The van der Waals surface area contributed by atoms with Gasteiger partial charge >= 0.3 is 0 Å². The molecule has 1 unspecified atom stereocenters. The Balaban J connectivity index is 1.34. The fourth-order valence-electron chi connectivity index (χ4n) is 3.98. The molecule has 0 bridgehead atoms. The summed E-state index contributed by atoms with van der Waals surface area (Å²) in [7, 11) is 0. The largest absolute Gasteiger partial charge is 0.459 e. The van der Waals surface area contributed by atoms with Gasteiger partial charge in [0.25, 0.3) is 5.91 Å². The van der Waals surface area contributed by atoms with Gasteiger partial charge in [-0.2, -0.15) is 0 Å². The molecule has 0 radical (unpaired) electrons. The second-order valence-electron chi connectivity index (χ2n) is 6.88. The number of carbonyl (C=O) groups is 1. The molecular formula is C20H25N3O2. The van der Waals surface area contributed by atoms with E-state index in [9.17, 15) is 4.79 Å². The first kappa shape index (κ1) is 16.2. The summed E-state index contributed by atoms with van der Waals surface area (Å²) in [6.07, 6.45) is 3.81. The quantitative estimate of drug-likeness (QED) is 0.862. The van der Waals surface area contributed by atoms with E-state index in [0.29, 0.717) is 11.8 Å². The third kappa shape index (κ3) is 3.56. The zero-order chi connectivity index (χ0) is 17.1. The van der Waals surface area contributed by atoms with E-state index >= 15 is 0 Å². The van der Waals surface area contributed by atoms with E-state index < -0.39 is 0 Å². The molecule has 2 fully saturated rings. The summed E-state index contributed by atoms with van der Waals surface area (Å²) in [5, 5.41) is 0. The molecule has 2 aromatic rings. The van der Waals surface area contributed by atoms with Gasteiger partial charge < -0.3 is 14.2 Å². The van der Waals surface area contributed by atoms with Crippen molar-refractivity contribution >= 4 is 11.6 Å². The summed E-state index contributed by atoms with van der Waals surface area (Å²) in [6.45, 7) is 5.86. The minimum atomic E-state index is 0.0256. The van der Waals surface area contributed by atoms with E-state index in [0.717, 1.165) is 45.7 Å². The second kappa shape index (κ2) is 7.31. The summed E-state index contributed by atoms with van der Waals surface area (Å²) in [5.41, 5.74) is 1.31. The fraction of sp³-hybridized carbons (Fsp3) is 0.450. The van der Waals surface area contributed by atoms with E-state index in [1.54, 1.807) is 18.4 Å². The molecule has 1 atom stereocenters. The van der Waals surface area contributed by atoms with Crippen molar-refractivity contribution in [1.29, 1.82) is 0 Å². The van der Waals surface area contributed by atoms with Crippen LogP contribution in [0.2, 0.25) is 0 Å². The summed E-state index contributed by atoms with van der Waals surface area (Å²) in [6, 6.07) is 14.6. The lowest BCUT2D eigenvalue weighted by atomic mass is 10.0. The highest BCUT2D eigenvalue weighted by Gasteiger charge is 2.31. The van der Waals surface area contributed by atoms with Crippen LogP contribution in [0.5, 0.6) is 0 Å². The van der Waals surface area contributed by atoms with Crippen LogP contribution < -0.4 is 4.90 Å². The van der Waals surface area contributed by atoms with Crippen molar-refractivity contribution in [3.05, 3.63) is 54.5 Å². The number of benzene rings is 1. The van der Waals surface area contributed by atoms with Gasteiger partial charge in [-0.05, 0) is 37.1 Å². The molecule has 2 saturated heterocycles. The molecule has 2 aliphatic rings. The van der Waals surface area contributed by atoms with Gasteiger partial charge in [0.05, 0.1) is 6.26 Å². The first-order valence-electron chi connectivity index (χ1n) is 9.18. The van der Waals surface area contributed by atoms with Crippen LogP contribution in [0.1, 0.15) is 23.4 Å². The number of rotatable bonds is 3. The van der Waals surface area contributed by atoms with Crippen LogP contribution in [-0.4, -0.2) is 61.0 Å². The monoisotopic (exact) mass is 339 g/mol. The molecule has 0 saturated carbocycles. The summed E-state index contributed by atoms with van der Waals surface area (Å²) >= 11 is 0. The summed E-state index contributed by atoms with van der Waals surface area (Å²) in [5.74, 6) is 0.479. The van der Waals surface area contributed by atoms with Gasteiger partial charge in [0.1, 0.15) is 0 Å². The number of para-hydroxylation sites is 1. The van der Waals surface area contributed by atoms with Gasteiger partial charge in [0.2, 0.25) is 0 Å². The Hall–Kier alpha value is -2.27. The first-order valence-corrected chi connectivity index (χ1v) is 9.18. The maximum Gasteiger partial charge on any atom is 0.289 e. The van der Waals surface area contributed by atoms with Crippen LogP contribution in [0.3, 0.4) is 0 Å². The van der Waals surface area contributed by atoms with Crippen LogP contribution >= 0.6 is 0 Å². The molecule has 2 aliphatic heterocycles. The van der Waals surface area contributed by atoms with E-state index in [1.165, 1.54) is 12.1 Å². The second-order valence-corrected chi connectivity index (χ2v) is 6.88.